The fraction of sp³-hybridized carbons (Fsp3) is 0.118. The number of benzene rings is 1. The Morgan fingerprint density at radius 3 is 2.92 bits per heavy atom. The van der Waals surface area contributed by atoms with Crippen molar-refractivity contribution in [2.24, 2.45) is 0 Å². The fourth-order valence-corrected chi connectivity index (χ4v) is 2.67. The van der Waals surface area contributed by atoms with Gasteiger partial charge in [-0.3, -0.25) is 0 Å². The lowest BCUT2D eigenvalue weighted by atomic mass is 10.2. The van der Waals surface area contributed by atoms with E-state index in [1.54, 1.807) is 36.5 Å². The molecule has 2 N–H and O–H groups in total. The molecule has 1 aromatic carbocycles. The number of aromatic nitrogens is 5. The van der Waals surface area contributed by atoms with Crippen molar-refractivity contribution in [1.29, 1.82) is 5.26 Å². The Hall–Kier alpha value is -3.93. The number of anilines is 1. The first kappa shape index (κ1) is 15.6. The molecular weight excluding hydrogens is 334 g/mol. The number of imidazole rings is 1. The second-order valence-electron chi connectivity index (χ2n) is 5.43. The molecule has 128 valence electrons. The molecule has 0 aliphatic carbocycles. The first-order valence-corrected chi connectivity index (χ1v) is 7.82. The quantitative estimate of drug-likeness (QED) is 0.596. The number of fused-ring (bicyclic) bond motifs is 1. The molecule has 0 amide bonds. The van der Waals surface area contributed by atoms with Gasteiger partial charge in [0.15, 0.2) is 17.3 Å². The first-order chi connectivity index (χ1) is 12.7. The Bertz CT molecular complexity index is 1140. The molecule has 26 heavy (non-hydrogen) atoms. The maximum absolute atomic E-state index is 8.99. The zero-order valence-electron chi connectivity index (χ0n) is 13.7. The van der Waals surface area contributed by atoms with Crippen LogP contribution in [0.2, 0.25) is 0 Å². The van der Waals surface area contributed by atoms with Gasteiger partial charge in [0.2, 0.25) is 5.88 Å². The molecule has 0 bridgehead atoms. The van der Waals surface area contributed by atoms with E-state index in [2.05, 4.69) is 31.0 Å². The minimum atomic E-state index is 0.174. The van der Waals surface area contributed by atoms with Crippen LogP contribution >= 0.6 is 0 Å². The summed E-state index contributed by atoms with van der Waals surface area (Å²) in [6.45, 7) is 2.61. The summed E-state index contributed by atoms with van der Waals surface area (Å²) in [5, 5.41) is 16.4. The highest BCUT2D eigenvalue weighted by Crippen LogP contribution is 2.29. The number of nitrogens with two attached hydrogens (primary N) is 1. The summed E-state index contributed by atoms with van der Waals surface area (Å²) in [5.74, 6) is 1.64. The molecule has 3 heterocycles. The third kappa shape index (κ3) is 2.59. The van der Waals surface area contributed by atoms with Crippen LogP contribution in [0.1, 0.15) is 12.5 Å². The normalized spacial score (nSPS) is 10.8. The Balaban J connectivity index is 1.77. The molecule has 9 nitrogen and oxygen atoms in total. The van der Waals surface area contributed by atoms with E-state index in [9.17, 15) is 0 Å². The second kappa shape index (κ2) is 6.18. The summed E-state index contributed by atoms with van der Waals surface area (Å²) in [6.07, 6.45) is 1.61. The summed E-state index contributed by atoms with van der Waals surface area (Å²) in [7, 11) is 0. The zero-order valence-corrected chi connectivity index (χ0v) is 13.7. The second-order valence-corrected chi connectivity index (χ2v) is 5.43. The van der Waals surface area contributed by atoms with Crippen LogP contribution in [-0.2, 0) is 6.54 Å². The lowest BCUT2D eigenvalue weighted by Gasteiger charge is -2.06. The topological polar surface area (TPSA) is 129 Å². The van der Waals surface area contributed by atoms with Crippen molar-refractivity contribution in [2.45, 2.75) is 13.5 Å². The smallest absolute Gasteiger partial charge is 0.221 e. The number of hydrogen-bond acceptors (Lipinski definition) is 8. The highest BCUT2D eigenvalue weighted by atomic mass is 16.6. The SMILES string of the molecule is CCn1c(-c2nonc2N)nc2cnc(Oc3cccc(C#N)c3)cc21. The highest BCUT2D eigenvalue weighted by molar-refractivity contribution is 5.81. The molecule has 4 aromatic rings. The van der Waals surface area contributed by atoms with E-state index in [4.69, 9.17) is 15.7 Å². The van der Waals surface area contributed by atoms with E-state index in [-0.39, 0.29) is 5.82 Å². The predicted octanol–water partition coefficient (Wildman–Crippen LogP) is 2.75. The number of nitrogens with zero attached hydrogens (tertiary/aromatic N) is 6. The van der Waals surface area contributed by atoms with Gasteiger partial charge in [-0.25, -0.2) is 14.6 Å². The van der Waals surface area contributed by atoms with Crippen molar-refractivity contribution in [1.82, 2.24) is 24.8 Å². The minimum absolute atomic E-state index is 0.174. The van der Waals surface area contributed by atoms with Crippen LogP contribution in [0.5, 0.6) is 11.6 Å². The first-order valence-electron chi connectivity index (χ1n) is 7.82. The Morgan fingerprint density at radius 2 is 2.19 bits per heavy atom. The van der Waals surface area contributed by atoms with E-state index < -0.39 is 0 Å². The van der Waals surface area contributed by atoms with Crippen LogP contribution in [0, 0.1) is 11.3 Å². The molecule has 0 atom stereocenters. The molecule has 0 saturated heterocycles. The number of pyridine rings is 1. The Labute approximate surface area is 147 Å². The number of ether oxygens (including phenoxy) is 1. The molecule has 0 unspecified atom stereocenters. The van der Waals surface area contributed by atoms with Gasteiger partial charge >= 0.3 is 0 Å². The summed E-state index contributed by atoms with van der Waals surface area (Å²) < 4.78 is 12.4. The van der Waals surface area contributed by atoms with Crippen LogP contribution in [0.4, 0.5) is 5.82 Å². The number of rotatable bonds is 4. The van der Waals surface area contributed by atoms with Crippen molar-refractivity contribution < 1.29 is 9.37 Å². The van der Waals surface area contributed by atoms with E-state index in [0.717, 1.165) is 5.52 Å². The van der Waals surface area contributed by atoms with Crippen LogP contribution in [-0.4, -0.2) is 24.8 Å². The molecule has 0 fully saturated rings. The number of nitrogen functional groups attached to an aromatic ring is 1. The van der Waals surface area contributed by atoms with Gasteiger partial charge in [0, 0.05) is 12.6 Å². The average Bonchev–Trinajstić information content (AvgIpc) is 3.24. The van der Waals surface area contributed by atoms with E-state index in [0.29, 0.717) is 40.8 Å². The van der Waals surface area contributed by atoms with Crippen LogP contribution in [0.15, 0.2) is 41.2 Å². The maximum atomic E-state index is 8.99. The largest absolute Gasteiger partial charge is 0.439 e. The lowest BCUT2D eigenvalue weighted by Crippen LogP contribution is -2.00. The van der Waals surface area contributed by atoms with Crippen molar-refractivity contribution in [3.8, 4) is 29.2 Å². The van der Waals surface area contributed by atoms with Crippen molar-refractivity contribution in [3.63, 3.8) is 0 Å². The summed E-state index contributed by atoms with van der Waals surface area (Å²) in [5.41, 5.74) is 8.16. The van der Waals surface area contributed by atoms with E-state index >= 15 is 0 Å². The molecule has 0 spiro atoms. The molecule has 0 saturated carbocycles. The van der Waals surface area contributed by atoms with Crippen molar-refractivity contribution >= 4 is 16.9 Å². The Kier molecular flexibility index (Phi) is 3.70. The van der Waals surface area contributed by atoms with Gasteiger partial charge in [0.1, 0.15) is 11.3 Å². The van der Waals surface area contributed by atoms with Gasteiger partial charge in [0.05, 0.1) is 23.3 Å². The summed E-state index contributed by atoms with van der Waals surface area (Å²) in [6, 6.07) is 10.7. The van der Waals surface area contributed by atoms with Gasteiger partial charge in [-0.2, -0.15) is 5.26 Å². The van der Waals surface area contributed by atoms with Gasteiger partial charge in [-0.15, -0.1) is 0 Å². The number of aryl methyl sites for hydroxylation is 1. The Morgan fingerprint density at radius 1 is 1.31 bits per heavy atom. The monoisotopic (exact) mass is 347 g/mol. The molecule has 9 heteroatoms. The van der Waals surface area contributed by atoms with E-state index in [1.165, 1.54) is 0 Å². The summed E-state index contributed by atoms with van der Waals surface area (Å²) in [4.78, 5) is 8.80. The van der Waals surface area contributed by atoms with Gasteiger partial charge in [-0.05, 0) is 35.4 Å². The third-order valence-electron chi connectivity index (χ3n) is 3.84. The molecule has 0 radical (unpaired) electrons. The van der Waals surface area contributed by atoms with Crippen LogP contribution in [0.3, 0.4) is 0 Å². The molecule has 4 rings (SSSR count). The summed E-state index contributed by atoms with van der Waals surface area (Å²) >= 11 is 0. The third-order valence-corrected chi connectivity index (χ3v) is 3.84. The standard InChI is InChI=1S/C17H13N7O2/c1-2-24-13-7-14(25-11-5-3-4-10(6-11)8-18)20-9-12(13)21-17(24)15-16(19)23-26-22-15/h3-7,9H,2H2,1H3,(H2,19,23). The molecule has 3 aromatic heterocycles. The average molecular weight is 347 g/mol. The minimum Gasteiger partial charge on any atom is -0.439 e. The lowest BCUT2D eigenvalue weighted by molar-refractivity contribution is 0.310. The van der Waals surface area contributed by atoms with E-state index in [1.807, 2.05) is 11.5 Å². The number of nitriles is 1. The van der Waals surface area contributed by atoms with Crippen molar-refractivity contribution in [2.75, 3.05) is 5.73 Å². The van der Waals surface area contributed by atoms with Gasteiger partial charge < -0.3 is 15.0 Å². The predicted molar refractivity (Wildman–Crippen MR) is 92.1 cm³/mol. The van der Waals surface area contributed by atoms with Gasteiger partial charge in [-0.1, -0.05) is 6.07 Å². The van der Waals surface area contributed by atoms with Gasteiger partial charge in [0.25, 0.3) is 0 Å². The van der Waals surface area contributed by atoms with Crippen LogP contribution < -0.4 is 10.5 Å². The van der Waals surface area contributed by atoms with Crippen molar-refractivity contribution in [3.05, 3.63) is 42.1 Å². The van der Waals surface area contributed by atoms with Crippen LogP contribution in [0.25, 0.3) is 22.6 Å². The molecule has 0 aliphatic heterocycles. The maximum Gasteiger partial charge on any atom is 0.221 e. The zero-order chi connectivity index (χ0) is 18.1. The number of hydrogen-bond donors (Lipinski definition) is 1. The fourth-order valence-electron chi connectivity index (χ4n) is 2.67. The molecular formula is C17H13N7O2. The molecule has 0 aliphatic rings. The highest BCUT2D eigenvalue weighted by Gasteiger charge is 2.19.